The molecule has 0 saturated heterocycles. The lowest BCUT2D eigenvalue weighted by Crippen LogP contribution is -2.15. The molecule has 8 nitrogen and oxygen atoms in total. The zero-order valence-corrected chi connectivity index (χ0v) is 17.6. The average molecular weight is 444 g/mol. The minimum Gasteiger partial charge on any atom is -0.497 e. The summed E-state index contributed by atoms with van der Waals surface area (Å²) in [6, 6.07) is 14.6. The Balaban J connectivity index is 1.36. The SMILES string of the molecule is COc1cccc(OCc2nnc(SCc3coc(-c4ccc(Cl)cc4)n3)n2N)c1. The zero-order valence-electron chi connectivity index (χ0n) is 16.0. The highest BCUT2D eigenvalue weighted by molar-refractivity contribution is 7.98. The summed E-state index contributed by atoms with van der Waals surface area (Å²) in [4.78, 5) is 4.49. The van der Waals surface area contributed by atoms with Gasteiger partial charge in [-0.3, -0.25) is 0 Å². The van der Waals surface area contributed by atoms with E-state index in [4.69, 9.17) is 31.3 Å². The van der Waals surface area contributed by atoms with E-state index in [1.165, 1.54) is 16.4 Å². The molecule has 0 atom stereocenters. The fourth-order valence-corrected chi connectivity index (χ4v) is 3.46. The first-order valence-corrected chi connectivity index (χ1v) is 10.3. The number of nitrogens with zero attached hydrogens (tertiary/aromatic N) is 4. The summed E-state index contributed by atoms with van der Waals surface area (Å²) in [5, 5.41) is 9.44. The van der Waals surface area contributed by atoms with Gasteiger partial charge >= 0.3 is 0 Å². The van der Waals surface area contributed by atoms with Crippen LogP contribution in [0.25, 0.3) is 11.5 Å². The number of nitrogen functional groups attached to an aromatic ring is 1. The average Bonchev–Trinajstić information content (AvgIpc) is 3.38. The molecular weight excluding hydrogens is 426 g/mol. The number of nitrogens with two attached hydrogens (primary N) is 1. The number of halogens is 1. The van der Waals surface area contributed by atoms with Gasteiger partial charge in [0.1, 0.15) is 24.4 Å². The molecule has 0 amide bonds. The third-order valence-electron chi connectivity index (χ3n) is 4.14. The molecule has 0 aliphatic rings. The van der Waals surface area contributed by atoms with Gasteiger partial charge in [0.25, 0.3) is 0 Å². The molecule has 0 aliphatic heterocycles. The van der Waals surface area contributed by atoms with Gasteiger partial charge in [-0.15, -0.1) is 10.2 Å². The van der Waals surface area contributed by atoms with E-state index in [9.17, 15) is 0 Å². The van der Waals surface area contributed by atoms with Crippen LogP contribution in [0.3, 0.4) is 0 Å². The number of oxazole rings is 1. The predicted molar refractivity (Wildman–Crippen MR) is 114 cm³/mol. The van der Waals surface area contributed by atoms with Crippen molar-refractivity contribution in [1.29, 1.82) is 0 Å². The number of benzene rings is 2. The molecule has 0 radical (unpaired) electrons. The van der Waals surface area contributed by atoms with E-state index >= 15 is 0 Å². The molecule has 10 heteroatoms. The van der Waals surface area contributed by atoms with Crippen molar-refractivity contribution in [3.05, 3.63) is 71.3 Å². The minimum absolute atomic E-state index is 0.182. The van der Waals surface area contributed by atoms with Crippen LogP contribution in [0, 0.1) is 0 Å². The van der Waals surface area contributed by atoms with Gasteiger partial charge in [-0.2, -0.15) is 0 Å². The number of rotatable bonds is 8. The second-order valence-corrected chi connectivity index (χ2v) is 7.55. The number of hydrogen-bond donors (Lipinski definition) is 1. The summed E-state index contributed by atoms with van der Waals surface area (Å²) >= 11 is 7.32. The summed E-state index contributed by atoms with van der Waals surface area (Å²) in [6.45, 7) is 0.182. The summed E-state index contributed by atoms with van der Waals surface area (Å²) in [7, 11) is 1.60. The first kappa shape index (κ1) is 20.1. The van der Waals surface area contributed by atoms with Crippen LogP contribution in [0.2, 0.25) is 5.02 Å². The Bertz CT molecular complexity index is 1130. The van der Waals surface area contributed by atoms with Crippen molar-refractivity contribution in [3.8, 4) is 23.0 Å². The summed E-state index contributed by atoms with van der Waals surface area (Å²) in [5.74, 6) is 9.04. The van der Waals surface area contributed by atoms with Crippen LogP contribution in [0.15, 0.2) is 64.4 Å². The molecule has 0 unspecified atom stereocenters. The second-order valence-electron chi connectivity index (χ2n) is 6.18. The number of hydrogen-bond acceptors (Lipinski definition) is 8. The Kier molecular flexibility index (Phi) is 6.10. The third-order valence-corrected chi connectivity index (χ3v) is 5.36. The molecule has 0 spiro atoms. The maximum atomic E-state index is 6.11. The molecule has 2 aromatic carbocycles. The molecule has 0 fully saturated rings. The van der Waals surface area contributed by atoms with Crippen LogP contribution < -0.4 is 15.3 Å². The lowest BCUT2D eigenvalue weighted by atomic mass is 10.2. The quantitative estimate of drug-likeness (QED) is 0.319. The Hall–Kier alpha value is -3.17. The van der Waals surface area contributed by atoms with Gasteiger partial charge in [0.2, 0.25) is 11.0 Å². The van der Waals surface area contributed by atoms with Crippen molar-refractivity contribution in [2.24, 2.45) is 0 Å². The largest absolute Gasteiger partial charge is 0.497 e. The summed E-state index contributed by atoms with van der Waals surface area (Å²) < 4.78 is 17.9. The van der Waals surface area contributed by atoms with Crippen LogP contribution in [0.4, 0.5) is 0 Å². The molecule has 2 N–H and O–H groups in total. The van der Waals surface area contributed by atoms with Gasteiger partial charge in [-0.25, -0.2) is 9.66 Å². The Morgan fingerprint density at radius 1 is 1.13 bits per heavy atom. The first-order valence-electron chi connectivity index (χ1n) is 8.92. The van der Waals surface area contributed by atoms with Gasteiger partial charge in [0, 0.05) is 22.4 Å². The van der Waals surface area contributed by atoms with E-state index in [0.29, 0.717) is 39.1 Å². The maximum absolute atomic E-state index is 6.11. The second kappa shape index (κ2) is 9.10. The Morgan fingerprint density at radius 2 is 1.93 bits per heavy atom. The summed E-state index contributed by atoms with van der Waals surface area (Å²) in [5.41, 5.74) is 1.62. The molecular formula is C20H18ClN5O3S. The van der Waals surface area contributed by atoms with Crippen LogP contribution in [0.1, 0.15) is 11.5 Å². The van der Waals surface area contributed by atoms with E-state index in [1.807, 2.05) is 30.3 Å². The third kappa shape index (κ3) is 4.69. The standard InChI is InChI=1S/C20H18ClN5O3S/c1-27-16-3-2-4-17(9-16)28-11-18-24-25-20(26(18)22)30-12-15-10-29-19(23-15)13-5-7-14(21)8-6-13/h2-10H,11-12,22H2,1H3. The van der Waals surface area contributed by atoms with Crippen molar-refractivity contribution in [3.63, 3.8) is 0 Å². The topological polar surface area (TPSA) is 101 Å². The van der Waals surface area contributed by atoms with Crippen molar-refractivity contribution in [1.82, 2.24) is 19.9 Å². The Morgan fingerprint density at radius 3 is 2.73 bits per heavy atom. The first-order chi connectivity index (χ1) is 14.6. The maximum Gasteiger partial charge on any atom is 0.226 e. The van der Waals surface area contributed by atoms with E-state index in [1.54, 1.807) is 31.6 Å². The van der Waals surface area contributed by atoms with Gasteiger partial charge in [-0.1, -0.05) is 29.4 Å². The normalized spacial score (nSPS) is 10.9. The molecule has 0 bridgehead atoms. The lowest BCUT2D eigenvalue weighted by molar-refractivity contribution is 0.289. The minimum atomic E-state index is 0.182. The van der Waals surface area contributed by atoms with Crippen LogP contribution >= 0.6 is 23.4 Å². The predicted octanol–water partition coefficient (Wildman–Crippen LogP) is 4.18. The van der Waals surface area contributed by atoms with E-state index < -0.39 is 0 Å². The van der Waals surface area contributed by atoms with Crippen molar-refractivity contribution in [2.75, 3.05) is 13.0 Å². The number of ether oxygens (including phenoxy) is 2. The monoisotopic (exact) mass is 443 g/mol. The Labute approximate surface area is 182 Å². The van der Waals surface area contributed by atoms with Gasteiger partial charge in [-0.05, 0) is 36.4 Å². The zero-order chi connectivity index (χ0) is 20.9. The lowest BCUT2D eigenvalue weighted by Gasteiger charge is -2.07. The smallest absolute Gasteiger partial charge is 0.226 e. The van der Waals surface area contributed by atoms with Crippen molar-refractivity contribution >= 4 is 23.4 Å². The molecule has 154 valence electrons. The van der Waals surface area contributed by atoms with E-state index in [0.717, 1.165) is 11.3 Å². The highest BCUT2D eigenvalue weighted by Crippen LogP contribution is 2.25. The van der Waals surface area contributed by atoms with E-state index in [2.05, 4.69) is 15.2 Å². The number of thioether (sulfide) groups is 1. The van der Waals surface area contributed by atoms with Crippen molar-refractivity contribution in [2.45, 2.75) is 17.5 Å². The van der Waals surface area contributed by atoms with Crippen LogP contribution in [0.5, 0.6) is 11.5 Å². The van der Waals surface area contributed by atoms with Crippen LogP contribution in [-0.4, -0.2) is 27.0 Å². The van der Waals surface area contributed by atoms with E-state index in [-0.39, 0.29) is 6.61 Å². The molecule has 2 aromatic heterocycles. The number of methoxy groups -OCH3 is 1. The molecule has 30 heavy (non-hydrogen) atoms. The van der Waals surface area contributed by atoms with Crippen molar-refractivity contribution < 1.29 is 13.9 Å². The fraction of sp³-hybridized carbons (Fsp3) is 0.150. The van der Waals surface area contributed by atoms with Gasteiger partial charge in [0.05, 0.1) is 12.8 Å². The number of aromatic nitrogens is 4. The van der Waals surface area contributed by atoms with Crippen LogP contribution in [-0.2, 0) is 12.4 Å². The highest BCUT2D eigenvalue weighted by Gasteiger charge is 2.13. The molecule has 0 aliphatic carbocycles. The van der Waals surface area contributed by atoms with Gasteiger partial charge < -0.3 is 19.7 Å². The molecule has 0 saturated carbocycles. The van der Waals surface area contributed by atoms with Gasteiger partial charge in [0.15, 0.2) is 5.82 Å². The molecule has 2 heterocycles. The fourth-order valence-electron chi connectivity index (χ4n) is 2.58. The molecule has 4 aromatic rings. The molecule has 4 rings (SSSR count). The highest BCUT2D eigenvalue weighted by atomic mass is 35.5. The summed E-state index contributed by atoms with van der Waals surface area (Å²) in [6.07, 6.45) is 1.61.